The van der Waals surface area contributed by atoms with E-state index in [1.807, 2.05) is 31.2 Å². The van der Waals surface area contributed by atoms with E-state index in [1.165, 1.54) is 22.3 Å². The van der Waals surface area contributed by atoms with E-state index in [2.05, 4.69) is 77.1 Å². The number of nitrogens with one attached hydrogen (secondary N) is 1. The monoisotopic (exact) mass is 434 g/mol. The van der Waals surface area contributed by atoms with Gasteiger partial charge in [0, 0.05) is 23.5 Å². The van der Waals surface area contributed by atoms with Crippen LogP contribution in [-0.2, 0) is 4.74 Å². The van der Waals surface area contributed by atoms with Gasteiger partial charge in [0.2, 0.25) is 0 Å². The molecule has 0 unspecified atom stereocenters. The first-order valence-electron chi connectivity index (χ1n) is 11.3. The fourth-order valence-corrected chi connectivity index (χ4v) is 4.48. The lowest BCUT2D eigenvalue weighted by molar-refractivity contribution is 0.143. The Morgan fingerprint density at radius 3 is 2.45 bits per heavy atom. The summed E-state index contributed by atoms with van der Waals surface area (Å²) in [7, 11) is 0. The molecule has 1 N–H and O–H groups in total. The molecule has 1 aromatic heterocycles. The van der Waals surface area contributed by atoms with Crippen LogP contribution in [-0.4, -0.2) is 24.2 Å². The van der Waals surface area contributed by atoms with Gasteiger partial charge in [0.05, 0.1) is 5.52 Å². The normalized spacial score (nSPS) is 12.6. The summed E-state index contributed by atoms with van der Waals surface area (Å²) in [6, 6.07) is 27.0. The van der Waals surface area contributed by atoms with Crippen LogP contribution in [0.5, 0.6) is 0 Å². The van der Waals surface area contributed by atoms with Crippen LogP contribution >= 0.6 is 0 Å². The molecule has 0 saturated heterocycles. The molecular weight excluding hydrogens is 408 g/mol. The van der Waals surface area contributed by atoms with Crippen molar-refractivity contribution < 1.29 is 9.53 Å². The number of nitrogens with zero attached hydrogens (tertiary/aromatic N) is 1. The van der Waals surface area contributed by atoms with Gasteiger partial charge in [0.15, 0.2) is 0 Å². The number of hydrogen-bond donors (Lipinski definition) is 1. The van der Waals surface area contributed by atoms with Crippen LogP contribution in [0.2, 0.25) is 0 Å². The molecule has 5 rings (SSSR count). The zero-order chi connectivity index (χ0) is 22.6. The second-order valence-electron chi connectivity index (χ2n) is 8.35. The molecule has 4 aromatic rings. The predicted octanol–water partition coefficient (Wildman–Crippen LogP) is 6.49. The van der Waals surface area contributed by atoms with Crippen LogP contribution in [0.15, 0.2) is 84.9 Å². The molecule has 164 valence electrons. The minimum absolute atomic E-state index is 0.0780. The molecule has 1 aliphatic rings. The number of amides is 1. The molecule has 0 spiro atoms. The van der Waals surface area contributed by atoms with E-state index in [4.69, 9.17) is 4.74 Å². The maximum absolute atomic E-state index is 12.3. The van der Waals surface area contributed by atoms with E-state index in [9.17, 15) is 4.79 Å². The van der Waals surface area contributed by atoms with Crippen molar-refractivity contribution in [3.05, 3.63) is 107 Å². The molecule has 1 aliphatic carbocycles. The first-order chi connectivity index (χ1) is 16.2. The zero-order valence-corrected chi connectivity index (χ0v) is 18.6. The van der Waals surface area contributed by atoms with E-state index in [0.29, 0.717) is 13.2 Å². The lowest BCUT2D eigenvalue weighted by atomic mass is 9.98. The highest BCUT2D eigenvalue weighted by molar-refractivity contribution is 5.81. The summed E-state index contributed by atoms with van der Waals surface area (Å²) in [5.74, 6) is 0.0780. The summed E-state index contributed by atoms with van der Waals surface area (Å²) in [5, 5.41) is 3.98. The smallest absolute Gasteiger partial charge is 0.407 e. The van der Waals surface area contributed by atoms with Crippen LogP contribution in [0.1, 0.15) is 34.7 Å². The number of alkyl carbamates (subject to hydrolysis) is 1. The topological polar surface area (TPSA) is 51.2 Å². The summed E-state index contributed by atoms with van der Waals surface area (Å²) >= 11 is 0. The van der Waals surface area contributed by atoms with Crippen molar-refractivity contribution in [2.75, 3.05) is 13.2 Å². The van der Waals surface area contributed by atoms with Gasteiger partial charge in [-0.05, 0) is 59.4 Å². The summed E-state index contributed by atoms with van der Waals surface area (Å²) in [4.78, 5) is 16.8. The van der Waals surface area contributed by atoms with Crippen molar-refractivity contribution in [1.82, 2.24) is 10.3 Å². The summed E-state index contributed by atoms with van der Waals surface area (Å²) in [5.41, 5.74) is 8.03. The van der Waals surface area contributed by atoms with E-state index in [-0.39, 0.29) is 12.0 Å². The van der Waals surface area contributed by atoms with Gasteiger partial charge in [-0.1, -0.05) is 72.8 Å². The highest BCUT2D eigenvalue weighted by Crippen LogP contribution is 2.44. The third-order valence-corrected chi connectivity index (χ3v) is 6.09. The number of aryl methyl sites for hydroxylation is 1. The number of carbonyl (C=O) groups excluding carboxylic acids is 1. The first-order valence-corrected chi connectivity index (χ1v) is 11.3. The Labute approximate surface area is 193 Å². The molecule has 3 aromatic carbocycles. The fourth-order valence-electron chi connectivity index (χ4n) is 4.48. The number of carbonyl (C=O) groups is 1. The second-order valence-corrected chi connectivity index (χ2v) is 8.35. The second kappa shape index (κ2) is 9.29. The number of benzene rings is 3. The number of fused-ring (bicyclic) bond motifs is 4. The van der Waals surface area contributed by atoms with Gasteiger partial charge in [0.1, 0.15) is 6.61 Å². The number of hydrogen-bond acceptors (Lipinski definition) is 3. The summed E-state index contributed by atoms with van der Waals surface area (Å²) < 4.78 is 5.58. The standard InChI is InChI=1S/C29H26N2O2/c1-20-13-15-22-18-21(14-16-28(22)31-20)8-6-7-17-30-29(32)33-19-27-25-11-4-2-9-23(25)24-10-3-5-12-26(24)27/h2-6,8-16,18,27H,7,17,19H2,1H3,(H,30,32). The third kappa shape index (κ3) is 4.51. The van der Waals surface area contributed by atoms with Gasteiger partial charge in [-0.25, -0.2) is 4.79 Å². The molecule has 4 heteroatoms. The van der Waals surface area contributed by atoms with Gasteiger partial charge in [0.25, 0.3) is 0 Å². The van der Waals surface area contributed by atoms with Crippen LogP contribution in [0.3, 0.4) is 0 Å². The van der Waals surface area contributed by atoms with Crippen LogP contribution in [0.4, 0.5) is 4.79 Å². The average molecular weight is 435 g/mol. The van der Waals surface area contributed by atoms with Crippen molar-refractivity contribution in [3.8, 4) is 11.1 Å². The number of rotatable bonds is 6. The van der Waals surface area contributed by atoms with Crippen molar-refractivity contribution in [2.45, 2.75) is 19.3 Å². The van der Waals surface area contributed by atoms with Crippen LogP contribution in [0.25, 0.3) is 28.1 Å². The molecule has 0 saturated carbocycles. The number of pyridine rings is 1. The third-order valence-electron chi connectivity index (χ3n) is 6.09. The molecule has 1 heterocycles. The molecule has 1 amide bonds. The maximum atomic E-state index is 12.3. The van der Waals surface area contributed by atoms with Gasteiger partial charge >= 0.3 is 6.09 Å². The molecule has 4 nitrogen and oxygen atoms in total. The average Bonchev–Trinajstić information content (AvgIpc) is 3.16. The van der Waals surface area contributed by atoms with Crippen LogP contribution in [0, 0.1) is 6.92 Å². The molecule has 0 fully saturated rings. The molecule has 0 aliphatic heterocycles. The van der Waals surface area contributed by atoms with E-state index < -0.39 is 0 Å². The van der Waals surface area contributed by atoms with Crippen molar-refractivity contribution in [2.24, 2.45) is 0 Å². The number of ether oxygens (including phenoxy) is 1. The van der Waals surface area contributed by atoms with Gasteiger partial charge in [-0.15, -0.1) is 0 Å². The predicted molar refractivity (Wildman–Crippen MR) is 133 cm³/mol. The highest BCUT2D eigenvalue weighted by Gasteiger charge is 2.28. The van der Waals surface area contributed by atoms with E-state index in [0.717, 1.165) is 28.6 Å². The molecular formula is C29H26N2O2. The van der Waals surface area contributed by atoms with E-state index >= 15 is 0 Å². The maximum Gasteiger partial charge on any atom is 0.407 e. The molecule has 0 radical (unpaired) electrons. The Morgan fingerprint density at radius 1 is 0.970 bits per heavy atom. The molecule has 33 heavy (non-hydrogen) atoms. The molecule has 0 bridgehead atoms. The Bertz CT molecular complexity index is 1300. The van der Waals surface area contributed by atoms with Crippen molar-refractivity contribution in [3.63, 3.8) is 0 Å². The van der Waals surface area contributed by atoms with Gasteiger partial charge < -0.3 is 10.1 Å². The molecule has 0 atom stereocenters. The zero-order valence-electron chi connectivity index (χ0n) is 18.6. The minimum atomic E-state index is -0.377. The van der Waals surface area contributed by atoms with Crippen LogP contribution < -0.4 is 5.32 Å². The lowest BCUT2D eigenvalue weighted by Crippen LogP contribution is -2.26. The SMILES string of the molecule is Cc1ccc2cc(C=CCCNC(=O)OCC3c4ccccc4-c4ccccc43)ccc2n1. The first kappa shape index (κ1) is 21.0. The Kier molecular flexibility index (Phi) is 5.90. The Morgan fingerprint density at radius 2 is 1.70 bits per heavy atom. The minimum Gasteiger partial charge on any atom is -0.449 e. The lowest BCUT2D eigenvalue weighted by Gasteiger charge is -2.14. The summed E-state index contributed by atoms with van der Waals surface area (Å²) in [6.07, 6.45) is 4.48. The fraction of sp³-hybridized carbons (Fsp3) is 0.172. The van der Waals surface area contributed by atoms with E-state index in [1.54, 1.807) is 0 Å². The Balaban J connectivity index is 1.12. The van der Waals surface area contributed by atoms with Gasteiger partial charge in [-0.2, -0.15) is 0 Å². The Hall–Kier alpha value is -3.92. The quantitative estimate of drug-likeness (QED) is 0.353. The largest absolute Gasteiger partial charge is 0.449 e. The van der Waals surface area contributed by atoms with Crippen molar-refractivity contribution in [1.29, 1.82) is 0 Å². The van der Waals surface area contributed by atoms with Gasteiger partial charge in [-0.3, -0.25) is 4.98 Å². The number of aromatic nitrogens is 1. The highest BCUT2D eigenvalue weighted by atomic mass is 16.5. The van der Waals surface area contributed by atoms with Crippen molar-refractivity contribution >= 4 is 23.1 Å². The summed E-state index contributed by atoms with van der Waals surface area (Å²) in [6.45, 7) is 2.86.